The second-order valence-electron chi connectivity index (χ2n) is 6.38. The van der Waals surface area contributed by atoms with Crippen LogP contribution in [0.15, 0.2) is 46.9 Å². The van der Waals surface area contributed by atoms with Gasteiger partial charge in [-0.25, -0.2) is 0 Å². The van der Waals surface area contributed by atoms with Crippen molar-refractivity contribution >= 4 is 11.9 Å². The van der Waals surface area contributed by atoms with E-state index >= 15 is 0 Å². The number of carbonyl (C=O) groups excluding carboxylic acids is 1. The first-order chi connectivity index (χ1) is 12.5. The highest BCUT2D eigenvalue weighted by Crippen LogP contribution is 2.32. The third kappa shape index (κ3) is 3.72. The van der Waals surface area contributed by atoms with E-state index in [0.29, 0.717) is 25.1 Å². The van der Waals surface area contributed by atoms with E-state index in [0.717, 1.165) is 0 Å². The van der Waals surface area contributed by atoms with Crippen molar-refractivity contribution in [2.45, 2.75) is 12.8 Å². The summed E-state index contributed by atoms with van der Waals surface area (Å²) < 4.78 is 16.1. The molecule has 7 nitrogen and oxygen atoms in total. The fourth-order valence-corrected chi connectivity index (χ4v) is 3.19. The van der Waals surface area contributed by atoms with Gasteiger partial charge in [0.15, 0.2) is 5.76 Å². The number of carboxylic acid groups (broad SMARTS) is 1. The zero-order valence-electron chi connectivity index (χ0n) is 14.5. The summed E-state index contributed by atoms with van der Waals surface area (Å²) in [5.41, 5.74) is -1.08. The summed E-state index contributed by atoms with van der Waals surface area (Å²) in [7, 11) is 1.46. The average Bonchev–Trinajstić information content (AvgIpc) is 3.10. The molecule has 2 heterocycles. The first-order valence-corrected chi connectivity index (χ1v) is 8.38. The Bertz CT molecular complexity index is 767. The molecule has 1 fully saturated rings. The van der Waals surface area contributed by atoms with Gasteiger partial charge in [-0.15, -0.1) is 0 Å². The molecule has 7 heteroatoms. The van der Waals surface area contributed by atoms with Gasteiger partial charge in [-0.05, 0) is 31.0 Å². The molecule has 0 aliphatic carbocycles. The number of benzene rings is 1. The maximum Gasteiger partial charge on any atom is 0.313 e. The minimum absolute atomic E-state index is 0.0621. The Morgan fingerprint density at radius 3 is 2.69 bits per heavy atom. The van der Waals surface area contributed by atoms with Gasteiger partial charge in [-0.3, -0.25) is 9.59 Å². The van der Waals surface area contributed by atoms with Crippen molar-refractivity contribution in [1.82, 2.24) is 4.90 Å². The normalized spacial score (nSPS) is 20.0. The number of ether oxygens (including phenoxy) is 2. The Morgan fingerprint density at radius 2 is 2.00 bits per heavy atom. The molecule has 0 bridgehead atoms. The number of nitrogens with zero attached hydrogens (tertiary/aromatic N) is 1. The lowest BCUT2D eigenvalue weighted by Gasteiger charge is -2.39. The molecule has 1 aromatic heterocycles. The Morgan fingerprint density at radius 1 is 1.23 bits per heavy atom. The summed E-state index contributed by atoms with van der Waals surface area (Å²) in [4.78, 5) is 25.9. The zero-order valence-corrected chi connectivity index (χ0v) is 14.5. The molecular weight excluding hydrogens is 338 g/mol. The maximum absolute atomic E-state index is 12.7. The van der Waals surface area contributed by atoms with Gasteiger partial charge >= 0.3 is 5.97 Å². The minimum Gasteiger partial charge on any atom is -0.481 e. The van der Waals surface area contributed by atoms with Crippen molar-refractivity contribution < 1.29 is 28.6 Å². The number of rotatable bonds is 6. The smallest absolute Gasteiger partial charge is 0.313 e. The number of carboxylic acids is 1. The number of amides is 1. The highest BCUT2D eigenvalue weighted by molar-refractivity contribution is 5.92. The Labute approximate surface area is 151 Å². The molecule has 1 saturated heterocycles. The molecule has 3 rings (SSSR count). The van der Waals surface area contributed by atoms with E-state index in [2.05, 4.69) is 0 Å². The number of piperidine rings is 1. The monoisotopic (exact) mass is 359 g/mol. The van der Waals surface area contributed by atoms with Gasteiger partial charge in [0.2, 0.25) is 0 Å². The van der Waals surface area contributed by atoms with Crippen LogP contribution in [0.1, 0.15) is 23.4 Å². The van der Waals surface area contributed by atoms with Gasteiger partial charge in [-0.1, -0.05) is 18.2 Å². The van der Waals surface area contributed by atoms with Crippen LogP contribution in [-0.4, -0.2) is 48.7 Å². The molecule has 0 saturated carbocycles. The molecular formula is C19H21NO6. The highest BCUT2D eigenvalue weighted by Gasteiger charge is 2.44. The SMILES string of the molecule is COCC1(C(=O)O)CCCN(C(=O)c2ccc(Oc3ccccc3)o2)C1. The fourth-order valence-electron chi connectivity index (χ4n) is 3.19. The van der Waals surface area contributed by atoms with Crippen LogP contribution in [0.2, 0.25) is 0 Å². The molecule has 1 N–H and O–H groups in total. The van der Waals surface area contributed by atoms with Gasteiger partial charge in [-0.2, -0.15) is 0 Å². The van der Waals surface area contributed by atoms with Crippen molar-refractivity contribution in [3.05, 3.63) is 48.2 Å². The van der Waals surface area contributed by atoms with E-state index in [-0.39, 0.29) is 30.8 Å². The van der Waals surface area contributed by atoms with Crippen molar-refractivity contribution in [2.75, 3.05) is 26.8 Å². The quantitative estimate of drug-likeness (QED) is 0.853. The predicted octanol–water partition coefficient (Wildman–Crippen LogP) is 3.03. The van der Waals surface area contributed by atoms with Gasteiger partial charge in [0.05, 0.1) is 6.61 Å². The zero-order chi connectivity index (χ0) is 18.6. The number of methoxy groups -OCH3 is 1. The molecule has 1 aliphatic heterocycles. The molecule has 1 atom stereocenters. The van der Waals surface area contributed by atoms with Crippen LogP contribution in [0, 0.1) is 5.41 Å². The number of likely N-dealkylation sites (tertiary alicyclic amines) is 1. The summed E-state index contributed by atoms with van der Waals surface area (Å²) in [5.74, 6) is -0.380. The predicted molar refractivity (Wildman–Crippen MR) is 92.3 cm³/mol. The third-order valence-electron chi connectivity index (χ3n) is 4.49. The molecule has 1 unspecified atom stereocenters. The van der Waals surface area contributed by atoms with Crippen LogP contribution < -0.4 is 4.74 Å². The lowest BCUT2D eigenvalue weighted by Crippen LogP contribution is -2.52. The summed E-state index contributed by atoms with van der Waals surface area (Å²) >= 11 is 0. The average molecular weight is 359 g/mol. The Balaban J connectivity index is 1.72. The van der Waals surface area contributed by atoms with Crippen molar-refractivity contribution in [1.29, 1.82) is 0 Å². The number of aliphatic carboxylic acids is 1. The van der Waals surface area contributed by atoms with Gasteiger partial charge in [0.1, 0.15) is 11.2 Å². The molecule has 1 aliphatic rings. The van der Waals surface area contributed by atoms with Gasteiger partial charge in [0, 0.05) is 26.3 Å². The second-order valence-corrected chi connectivity index (χ2v) is 6.38. The van der Waals surface area contributed by atoms with E-state index in [1.807, 2.05) is 18.2 Å². The van der Waals surface area contributed by atoms with Gasteiger partial charge in [0.25, 0.3) is 11.9 Å². The first kappa shape index (κ1) is 18.0. The largest absolute Gasteiger partial charge is 0.481 e. The van der Waals surface area contributed by atoms with Crippen LogP contribution in [0.5, 0.6) is 11.7 Å². The standard InChI is InChI=1S/C19H21NO6/c1-24-13-19(18(22)23)10-5-11-20(12-19)17(21)15-8-9-16(26-15)25-14-6-3-2-4-7-14/h2-4,6-9H,5,10-13H2,1H3,(H,22,23). The molecule has 1 amide bonds. The highest BCUT2D eigenvalue weighted by atomic mass is 16.6. The first-order valence-electron chi connectivity index (χ1n) is 8.38. The number of hydrogen-bond donors (Lipinski definition) is 1. The van der Waals surface area contributed by atoms with Crippen LogP contribution in [0.25, 0.3) is 0 Å². The topological polar surface area (TPSA) is 89.2 Å². The van der Waals surface area contributed by atoms with Gasteiger partial charge < -0.3 is 23.9 Å². The maximum atomic E-state index is 12.7. The van der Waals surface area contributed by atoms with Crippen LogP contribution in [0.3, 0.4) is 0 Å². The van der Waals surface area contributed by atoms with E-state index in [4.69, 9.17) is 13.9 Å². The molecule has 0 spiro atoms. The second kappa shape index (κ2) is 7.61. The van der Waals surface area contributed by atoms with E-state index < -0.39 is 11.4 Å². The van der Waals surface area contributed by atoms with Crippen molar-refractivity contribution in [3.63, 3.8) is 0 Å². The molecule has 0 radical (unpaired) electrons. The van der Waals surface area contributed by atoms with Crippen LogP contribution in [0.4, 0.5) is 0 Å². The lowest BCUT2D eigenvalue weighted by molar-refractivity contribution is -0.155. The molecule has 1 aromatic carbocycles. The summed E-state index contributed by atoms with van der Waals surface area (Å²) in [6.45, 7) is 0.629. The van der Waals surface area contributed by atoms with Crippen molar-refractivity contribution in [3.8, 4) is 11.7 Å². The van der Waals surface area contributed by atoms with Crippen molar-refractivity contribution in [2.24, 2.45) is 5.41 Å². The number of hydrogen-bond acceptors (Lipinski definition) is 5. The minimum atomic E-state index is -1.08. The summed E-state index contributed by atoms with van der Waals surface area (Å²) in [5, 5.41) is 9.60. The van der Waals surface area contributed by atoms with E-state index in [1.165, 1.54) is 18.1 Å². The summed E-state index contributed by atoms with van der Waals surface area (Å²) in [6.07, 6.45) is 1.07. The Hall–Kier alpha value is -2.80. The summed E-state index contributed by atoms with van der Waals surface area (Å²) in [6, 6.07) is 12.2. The molecule has 2 aromatic rings. The lowest BCUT2D eigenvalue weighted by atomic mass is 9.80. The van der Waals surface area contributed by atoms with Crippen LogP contribution >= 0.6 is 0 Å². The number of para-hydroxylation sites is 1. The number of carbonyl (C=O) groups is 2. The molecule has 26 heavy (non-hydrogen) atoms. The fraction of sp³-hybridized carbons (Fsp3) is 0.368. The third-order valence-corrected chi connectivity index (χ3v) is 4.49. The van der Waals surface area contributed by atoms with E-state index in [9.17, 15) is 14.7 Å². The Kier molecular flexibility index (Phi) is 5.27. The molecule has 138 valence electrons. The number of furan rings is 1. The van der Waals surface area contributed by atoms with Crippen LogP contribution in [-0.2, 0) is 9.53 Å². The van der Waals surface area contributed by atoms with E-state index in [1.54, 1.807) is 18.2 Å².